The van der Waals surface area contributed by atoms with Crippen LogP contribution in [0.5, 0.6) is 11.5 Å². The van der Waals surface area contributed by atoms with Crippen LogP contribution in [0, 0.1) is 0 Å². The first kappa shape index (κ1) is 25.1. The van der Waals surface area contributed by atoms with Crippen molar-refractivity contribution in [2.75, 3.05) is 14.2 Å². The summed E-state index contributed by atoms with van der Waals surface area (Å²) < 4.78 is 10.6. The molecular weight excluding hydrogens is 474 g/mol. The van der Waals surface area contributed by atoms with Gasteiger partial charge >= 0.3 is 0 Å². The number of aromatic amines is 1. The Morgan fingerprint density at radius 1 is 0.946 bits per heavy atom. The Labute approximate surface area is 212 Å². The third-order valence-corrected chi connectivity index (χ3v) is 5.70. The summed E-state index contributed by atoms with van der Waals surface area (Å²) in [5.41, 5.74) is 3.73. The molecule has 3 N–H and O–H groups in total. The lowest BCUT2D eigenvalue weighted by Gasteiger charge is -2.18. The number of rotatable bonds is 8. The van der Waals surface area contributed by atoms with Crippen molar-refractivity contribution in [3.63, 3.8) is 0 Å². The number of carbonyl (C=O) groups excluding carboxylic acids is 2. The molecule has 0 saturated heterocycles. The smallest absolute Gasteiger partial charge is 0.272 e. The average Bonchev–Trinajstić information content (AvgIpc) is 2.95. The highest BCUT2D eigenvalue weighted by Crippen LogP contribution is 2.25. The number of hydrazone groups is 1. The van der Waals surface area contributed by atoms with Crippen molar-refractivity contribution in [1.29, 1.82) is 0 Å². The molecule has 0 fully saturated rings. The maximum absolute atomic E-state index is 13.4. The zero-order valence-corrected chi connectivity index (χ0v) is 20.4. The van der Waals surface area contributed by atoms with Gasteiger partial charge in [0, 0.05) is 22.6 Å². The largest absolute Gasteiger partial charge is 0.497 e. The third kappa shape index (κ3) is 5.48. The van der Waals surface area contributed by atoms with Crippen LogP contribution >= 0.6 is 0 Å². The molecule has 10 heteroatoms. The zero-order chi connectivity index (χ0) is 26.4. The van der Waals surface area contributed by atoms with Crippen LogP contribution in [0.1, 0.15) is 34.6 Å². The number of amides is 2. The fourth-order valence-electron chi connectivity index (χ4n) is 3.78. The number of benzene rings is 3. The minimum absolute atomic E-state index is 0.173. The molecule has 0 unspecified atom stereocenters. The number of carbonyl (C=O) groups is 2. The Hall–Kier alpha value is -4.99. The summed E-state index contributed by atoms with van der Waals surface area (Å²) >= 11 is 0. The third-order valence-electron chi connectivity index (χ3n) is 5.70. The summed E-state index contributed by atoms with van der Waals surface area (Å²) in [6, 6.07) is 19.1. The molecule has 0 bridgehead atoms. The minimum Gasteiger partial charge on any atom is -0.497 e. The van der Waals surface area contributed by atoms with Gasteiger partial charge in [0.2, 0.25) is 0 Å². The number of ether oxygens (including phenoxy) is 2. The molecule has 1 aromatic heterocycles. The van der Waals surface area contributed by atoms with E-state index in [-0.39, 0.29) is 5.69 Å². The van der Waals surface area contributed by atoms with Crippen LogP contribution in [-0.2, 0) is 4.79 Å². The molecule has 10 nitrogen and oxygen atoms in total. The first-order valence-electron chi connectivity index (χ1n) is 11.3. The predicted octanol–water partition coefficient (Wildman–Crippen LogP) is 2.95. The molecule has 0 saturated carbocycles. The Morgan fingerprint density at radius 3 is 2.35 bits per heavy atom. The Morgan fingerprint density at radius 2 is 1.65 bits per heavy atom. The number of fused-ring (bicyclic) bond motifs is 1. The standard InChI is InChI=1S/C27H25N5O5/c1-16(19-14-13-18(36-2)15-22(19)37-3)29-32-27(35)24(28-25(33)17-9-5-4-6-10-17)23-20-11-7-8-12-21(20)26(34)31-30-23/h4-15,24H,1-3H3,(H,28,33)(H,31,34)(H,32,35)/b29-16-/t24-/m1/s1. The lowest BCUT2D eigenvalue weighted by molar-refractivity contribution is -0.123. The Balaban J connectivity index is 1.69. The molecule has 0 radical (unpaired) electrons. The van der Waals surface area contributed by atoms with Crippen LogP contribution in [0.2, 0.25) is 0 Å². The number of nitrogens with zero attached hydrogens (tertiary/aromatic N) is 2. The quantitative estimate of drug-likeness (QED) is 0.252. The molecule has 1 heterocycles. The highest BCUT2D eigenvalue weighted by Gasteiger charge is 2.27. The van der Waals surface area contributed by atoms with Crippen LogP contribution in [0.25, 0.3) is 10.8 Å². The van der Waals surface area contributed by atoms with Gasteiger partial charge in [0.1, 0.15) is 17.2 Å². The van der Waals surface area contributed by atoms with Crippen molar-refractivity contribution in [2.45, 2.75) is 13.0 Å². The fourth-order valence-corrected chi connectivity index (χ4v) is 3.78. The number of aromatic nitrogens is 2. The molecule has 1 atom stereocenters. The van der Waals surface area contributed by atoms with Gasteiger partial charge in [0.05, 0.1) is 25.3 Å². The maximum atomic E-state index is 13.4. The van der Waals surface area contributed by atoms with E-state index >= 15 is 0 Å². The van der Waals surface area contributed by atoms with Gasteiger partial charge in [-0.3, -0.25) is 14.4 Å². The van der Waals surface area contributed by atoms with Crippen LogP contribution in [-0.4, -0.2) is 41.9 Å². The van der Waals surface area contributed by atoms with Crippen LogP contribution in [0.3, 0.4) is 0 Å². The van der Waals surface area contributed by atoms with Gasteiger partial charge in [-0.25, -0.2) is 10.5 Å². The van der Waals surface area contributed by atoms with Crippen LogP contribution in [0.15, 0.2) is 82.7 Å². The highest BCUT2D eigenvalue weighted by molar-refractivity contribution is 6.03. The number of H-pyrrole nitrogens is 1. The molecule has 0 aliphatic carbocycles. The number of methoxy groups -OCH3 is 2. The number of hydrogen-bond acceptors (Lipinski definition) is 7. The SMILES string of the molecule is COc1ccc(/C(C)=N\NC(=O)[C@H](NC(=O)c2ccccc2)c2n[nH]c(=O)c3ccccc23)c(OC)c1. The van der Waals surface area contributed by atoms with E-state index in [0.29, 0.717) is 39.1 Å². The first-order valence-corrected chi connectivity index (χ1v) is 11.3. The minimum atomic E-state index is -1.26. The molecular formula is C27H25N5O5. The van der Waals surface area contributed by atoms with Crippen LogP contribution < -0.4 is 25.8 Å². The van der Waals surface area contributed by atoms with E-state index in [1.807, 2.05) is 0 Å². The molecule has 0 aliphatic rings. The first-order chi connectivity index (χ1) is 17.9. The van der Waals surface area contributed by atoms with E-state index in [0.717, 1.165) is 0 Å². The van der Waals surface area contributed by atoms with Gasteiger partial charge in [-0.15, -0.1) is 0 Å². The molecule has 188 valence electrons. The number of nitrogens with one attached hydrogen (secondary N) is 3. The van der Waals surface area contributed by atoms with Crippen molar-refractivity contribution in [2.24, 2.45) is 5.10 Å². The molecule has 3 aromatic carbocycles. The van der Waals surface area contributed by atoms with E-state index in [1.54, 1.807) is 86.8 Å². The second-order valence-electron chi connectivity index (χ2n) is 8.00. The fraction of sp³-hybridized carbons (Fsp3) is 0.148. The van der Waals surface area contributed by atoms with Crippen molar-refractivity contribution in [1.82, 2.24) is 20.9 Å². The van der Waals surface area contributed by atoms with Crippen molar-refractivity contribution >= 4 is 28.3 Å². The lowest BCUT2D eigenvalue weighted by Crippen LogP contribution is -2.40. The average molecular weight is 500 g/mol. The van der Waals surface area contributed by atoms with E-state index in [1.165, 1.54) is 7.11 Å². The van der Waals surface area contributed by atoms with E-state index < -0.39 is 23.4 Å². The normalized spacial score (nSPS) is 12.0. The summed E-state index contributed by atoms with van der Waals surface area (Å²) in [5, 5.41) is 14.2. The molecule has 4 rings (SSSR count). The summed E-state index contributed by atoms with van der Waals surface area (Å²) in [4.78, 5) is 38.7. The van der Waals surface area contributed by atoms with E-state index in [9.17, 15) is 14.4 Å². The number of hydrogen-bond donors (Lipinski definition) is 3. The van der Waals surface area contributed by atoms with E-state index in [2.05, 4.69) is 26.0 Å². The zero-order valence-electron chi connectivity index (χ0n) is 20.4. The molecule has 0 aliphatic heterocycles. The molecule has 4 aromatic rings. The van der Waals surface area contributed by atoms with E-state index in [4.69, 9.17) is 9.47 Å². The van der Waals surface area contributed by atoms with Gasteiger partial charge < -0.3 is 14.8 Å². The van der Waals surface area contributed by atoms with Gasteiger partial charge in [-0.05, 0) is 37.3 Å². The predicted molar refractivity (Wildman–Crippen MR) is 139 cm³/mol. The van der Waals surface area contributed by atoms with Crippen LogP contribution in [0.4, 0.5) is 0 Å². The molecule has 2 amide bonds. The highest BCUT2D eigenvalue weighted by atomic mass is 16.5. The molecule has 37 heavy (non-hydrogen) atoms. The Bertz CT molecular complexity index is 1530. The van der Waals surface area contributed by atoms with Crippen molar-refractivity contribution < 1.29 is 19.1 Å². The van der Waals surface area contributed by atoms with Crippen molar-refractivity contribution in [3.05, 3.63) is 100.0 Å². The summed E-state index contributed by atoms with van der Waals surface area (Å²) in [7, 11) is 3.07. The van der Waals surface area contributed by atoms with Gasteiger partial charge in [-0.2, -0.15) is 10.2 Å². The van der Waals surface area contributed by atoms with Gasteiger partial charge in [0.25, 0.3) is 17.4 Å². The van der Waals surface area contributed by atoms with Gasteiger partial charge in [0.15, 0.2) is 6.04 Å². The van der Waals surface area contributed by atoms with Crippen molar-refractivity contribution in [3.8, 4) is 11.5 Å². The second-order valence-corrected chi connectivity index (χ2v) is 8.00. The lowest BCUT2D eigenvalue weighted by atomic mass is 10.0. The maximum Gasteiger partial charge on any atom is 0.272 e. The molecule has 0 spiro atoms. The van der Waals surface area contributed by atoms with Gasteiger partial charge in [-0.1, -0.05) is 36.4 Å². The topological polar surface area (TPSA) is 135 Å². The summed E-state index contributed by atoms with van der Waals surface area (Å²) in [6.45, 7) is 1.70. The second kappa shape index (κ2) is 11.2. The summed E-state index contributed by atoms with van der Waals surface area (Å²) in [5.74, 6) is -0.0228. The monoisotopic (exact) mass is 499 g/mol. The Kier molecular flexibility index (Phi) is 7.58. The summed E-state index contributed by atoms with van der Waals surface area (Å²) in [6.07, 6.45) is 0.